The van der Waals surface area contributed by atoms with Crippen molar-refractivity contribution >= 4 is 5.97 Å². The van der Waals surface area contributed by atoms with Crippen LogP contribution in [0.15, 0.2) is 24.3 Å². The molecule has 114 valence electrons. The van der Waals surface area contributed by atoms with Crippen LogP contribution in [0.1, 0.15) is 12.5 Å². The van der Waals surface area contributed by atoms with Crippen LogP contribution in [0.4, 0.5) is 0 Å². The Morgan fingerprint density at radius 2 is 2.10 bits per heavy atom. The summed E-state index contributed by atoms with van der Waals surface area (Å²) in [6.07, 6.45) is 0. The number of hydrogen-bond acceptors (Lipinski definition) is 5. The van der Waals surface area contributed by atoms with E-state index in [0.717, 1.165) is 37.5 Å². The van der Waals surface area contributed by atoms with Crippen molar-refractivity contribution in [3.05, 3.63) is 29.8 Å². The molecule has 5 heteroatoms. The second kappa shape index (κ2) is 5.66. The average Bonchev–Trinajstić information content (AvgIpc) is 2.55. The minimum absolute atomic E-state index is 0.0398. The van der Waals surface area contributed by atoms with Crippen molar-refractivity contribution in [3.8, 4) is 5.75 Å². The molecule has 2 heterocycles. The highest BCUT2D eigenvalue weighted by Crippen LogP contribution is 2.45. The number of fused-ring (bicyclic) bond motifs is 1. The Morgan fingerprint density at radius 3 is 2.81 bits per heavy atom. The summed E-state index contributed by atoms with van der Waals surface area (Å²) in [6.45, 7) is 6.01. The third-order valence-corrected chi connectivity index (χ3v) is 4.61. The van der Waals surface area contributed by atoms with Gasteiger partial charge < -0.3 is 14.8 Å². The van der Waals surface area contributed by atoms with Crippen molar-refractivity contribution in [3.63, 3.8) is 0 Å². The van der Waals surface area contributed by atoms with E-state index in [1.54, 1.807) is 0 Å². The molecule has 21 heavy (non-hydrogen) atoms. The predicted molar refractivity (Wildman–Crippen MR) is 79.2 cm³/mol. The predicted octanol–water partition coefficient (Wildman–Crippen LogP) is 0.989. The van der Waals surface area contributed by atoms with Gasteiger partial charge in [-0.25, -0.2) is 4.79 Å². The van der Waals surface area contributed by atoms with E-state index in [1.165, 1.54) is 7.11 Å². The van der Waals surface area contributed by atoms with Gasteiger partial charge in [-0.3, -0.25) is 4.90 Å². The number of hydrogen-bond donors (Lipinski definition) is 1. The molecule has 1 fully saturated rings. The van der Waals surface area contributed by atoms with Crippen LogP contribution < -0.4 is 10.1 Å². The molecule has 0 aromatic heterocycles. The number of para-hydroxylation sites is 1. The number of nitrogens with one attached hydrogen (secondary N) is 1. The number of rotatable bonds is 2. The fourth-order valence-electron chi connectivity index (χ4n) is 3.60. The van der Waals surface area contributed by atoms with Crippen LogP contribution in [-0.4, -0.2) is 50.8 Å². The van der Waals surface area contributed by atoms with E-state index in [9.17, 15) is 4.79 Å². The lowest BCUT2D eigenvalue weighted by Crippen LogP contribution is -2.63. The zero-order valence-corrected chi connectivity index (χ0v) is 12.6. The van der Waals surface area contributed by atoms with Crippen molar-refractivity contribution in [1.29, 1.82) is 0 Å². The van der Waals surface area contributed by atoms with Gasteiger partial charge >= 0.3 is 5.97 Å². The second-order valence-electron chi connectivity index (χ2n) is 5.70. The van der Waals surface area contributed by atoms with Crippen molar-refractivity contribution in [2.24, 2.45) is 5.92 Å². The topological polar surface area (TPSA) is 50.8 Å². The maximum absolute atomic E-state index is 12.8. The molecule has 1 aromatic carbocycles. The molecule has 2 atom stereocenters. The molecule has 0 radical (unpaired) electrons. The molecule has 2 aliphatic rings. The molecule has 1 N–H and O–H groups in total. The van der Waals surface area contributed by atoms with Crippen LogP contribution in [0.3, 0.4) is 0 Å². The summed E-state index contributed by atoms with van der Waals surface area (Å²) in [7, 11) is 1.47. The highest BCUT2D eigenvalue weighted by atomic mass is 16.5. The summed E-state index contributed by atoms with van der Waals surface area (Å²) in [4.78, 5) is 15.1. The van der Waals surface area contributed by atoms with Crippen molar-refractivity contribution < 1.29 is 14.3 Å². The molecule has 5 nitrogen and oxygen atoms in total. The zero-order chi connectivity index (χ0) is 14.9. The average molecular weight is 290 g/mol. The number of ether oxygens (including phenoxy) is 2. The molecule has 3 rings (SSSR count). The molecular formula is C16H22N2O3. The van der Waals surface area contributed by atoms with Gasteiger partial charge in [-0.05, 0) is 6.07 Å². The van der Waals surface area contributed by atoms with E-state index in [-0.39, 0.29) is 11.9 Å². The number of piperazine rings is 1. The fourth-order valence-corrected chi connectivity index (χ4v) is 3.60. The number of carbonyl (C=O) groups excluding carboxylic acids is 1. The van der Waals surface area contributed by atoms with Crippen LogP contribution in [0.5, 0.6) is 5.75 Å². The Balaban J connectivity index is 2.15. The lowest BCUT2D eigenvalue weighted by molar-refractivity contribution is -0.164. The Hall–Kier alpha value is -1.59. The molecule has 2 unspecified atom stereocenters. The summed E-state index contributed by atoms with van der Waals surface area (Å²) in [5.41, 5.74) is 0.184. The van der Waals surface area contributed by atoms with Crippen LogP contribution in [-0.2, 0) is 15.1 Å². The van der Waals surface area contributed by atoms with E-state index in [0.29, 0.717) is 6.61 Å². The van der Waals surface area contributed by atoms with Gasteiger partial charge in [-0.1, -0.05) is 25.1 Å². The van der Waals surface area contributed by atoms with Gasteiger partial charge in [0.05, 0.1) is 13.7 Å². The van der Waals surface area contributed by atoms with Gasteiger partial charge in [0.2, 0.25) is 0 Å². The molecule has 1 saturated heterocycles. The quantitative estimate of drug-likeness (QED) is 0.823. The van der Waals surface area contributed by atoms with Gasteiger partial charge in [-0.2, -0.15) is 0 Å². The first-order valence-corrected chi connectivity index (χ1v) is 7.47. The molecule has 2 aliphatic heterocycles. The SMILES string of the molecule is COC(=O)C1(N2CCNCC2)c2ccccc2OCC1C. The van der Waals surface area contributed by atoms with Crippen molar-refractivity contribution in [2.75, 3.05) is 39.9 Å². The van der Waals surface area contributed by atoms with Crippen molar-refractivity contribution in [2.45, 2.75) is 12.5 Å². The van der Waals surface area contributed by atoms with E-state index in [1.807, 2.05) is 24.3 Å². The molecule has 0 spiro atoms. The molecule has 0 amide bonds. The maximum Gasteiger partial charge on any atom is 0.331 e. The first kappa shape index (κ1) is 14.4. The number of nitrogens with zero attached hydrogens (tertiary/aromatic N) is 1. The minimum atomic E-state index is -0.744. The second-order valence-corrected chi connectivity index (χ2v) is 5.70. The lowest BCUT2D eigenvalue weighted by atomic mass is 9.75. The smallest absolute Gasteiger partial charge is 0.331 e. The van der Waals surface area contributed by atoms with Crippen LogP contribution in [0.2, 0.25) is 0 Å². The molecule has 0 saturated carbocycles. The minimum Gasteiger partial charge on any atom is -0.493 e. The van der Waals surface area contributed by atoms with Crippen molar-refractivity contribution in [1.82, 2.24) is 10.2 Å². The van der Waals surface area contributed by atoms with E-state index in [2.05, 4.69) is 17.1 Å². The Bertz CT molecular complexity index is 528. The molecule has 0 aliphatic carbocycles. The normalized spacial score (nSPS) is 29.3. The zero-order valence-electron chi connectivity index (χ0n) is 12.6. The summed E-state index contributed by atoms with van der Waals surface area (Å²) >= 11 is 0. The number of carbonyl (C=O) groups is 1. The highest BCUT2D eigenvalue weighted by Gasteiger charge is 2.54. The summed E-state index contributed by atoms with van der Waals surface area (Å²) in [6, 6.07) is 7.82. The Labute approximate surface area is 125 Å². The monoisotopic (exact) mass is 290 g/mol. The number of esters is 1. The van der Waals surface area contributed by atoms with Gasteiger partial charge in [0.15, 0.2) is 5.54 Å². The van der Waals surface area contributed by atoms with Gasteiger partial charge in [0, 0.05) is 37.7 Å². The summed E-state index contributed by atoms with van der Waals surface area (Å²) in [5.74, 6) is 0.644. The number of benzene rings is 1. The molecule has 0 bridgehead atoms. The standard InChI is InChI=1S/C16H22N2O3/c1-12-11-21-14-6-4-3-5-13(14)16(12,15(19)20-2)18-9-7-17-8-10-18/h3-6,12,17H,7-11H2,1-2H3. The Kier molecular flexibility index (Phi) is 3.87. The summed E-state index contributed by atoms with van der Waals surface area (Å²) < 4.78 is 11.0. The first-order valence-electron chi connectivity index (χ1n) is 7.47. The third kappa shape index (κ3) is 2.12. The largest absolute Gasteiger partial charge is 0.493 e. The lowest BCUT2D eigenvalue weighted by Gasteiger charge is -2.49. The Morgan fingerprint density at radius 1 is 1.38 bits per heavy atom. The molecular weight excluding hydrogens is 268 g/mol. The van der Waals surface area contributed by atoms with E-state index in [4.69, 9.17) is 9.47 Å². The fraction of sp³-hybridized carbons (Fsp3) is 0.562. The summed E-state index contributed by atoms with van der Waals surface area (Å²) in [5, 5.41) is 3.34. The number of methoxy groups -OCH3 is 1. The maximum atomic E-state index is 12.8. The van der Waals surface area contributed by atoms with Gasteiger partial charge in [0.1, 0.15) is 5.75 Å². The van der Waals surface area contributed by atoms with Crippen LogP contribution >= 0.6 is 0 Å². The van der Waals surface area contributed by atoms with Crippen LogP contribution in [0.25, 0.3) is 0 Å². The van der Waals surface area contributed by atoms with E-state index >= 15 is 0 Å². The van der Waals surface area contributed by atoms with Gasteiger partial charge in [0.25, 0.3) is 0 Å². The highest BCUT2D eigenvalue weighted by molar-refractivity contribution is 5.84. The van der Waals surface area contributed by atoms with Crippen LogP contribution in [0, 0.1) is 5.92 Å². The third-order valence-electron chi connectivity index (χ3n) is 4.61. The van der Waals surface area contributed by atoms with E-state index < -0.39 is 5.54 Å². The first-order chi connectivity index (χ1) is 10.2. The molecule has 1 aromatic rings. The van der Waals surface area contributed by atoms with Gasteiger partial charge in [-0.15, -0.1) is 0 Å².